The van der Waals surface area contributed by atoms with Crippen molar-refractivity contribution in [3.63, 3.8) is 0 Å². The van der Waals surface area contributed by atoms with E-state index in [1.54, 1.807) is 24.3 Å². The lowest BCUT2D eigenvalue weighted by Crippen LogP contribution is -2.25. The minimum atomic E-state index is -3.22. The Hall–Kier alpha value is -5.82. The maximum Gasteiger partial charge on any atom is 0.175 e. The summed E-state index contributed by atoms with van der Waals surface area (Å²) < 4.78 is 47.5. The molecule has 0 unspecified atom stereocenters. The number of sulfone groups is 2. The van der Waals surface area contributed by atoms with Gasteiger partial charge in [0, 0.05) is 17.9 Å². The van der Waals surface area contributed by atoms with Crippen LogP contribution in [0.3, 0.4) is 0 Å². The average molecular weight is 983 g/mol. The van der Waals surface area contributed by atoms with E-state index >= 15 is 0 Å². The molecule has 0 aliphatic heterocycles. The van der Waals surface area contributed by atoms with Gasteiger partial charge < -0.3 is 0 Å². The second kappa shape index (κ2) is 25.5. The van der Waals surface area contributed by atoms with Gasteiger partial charge in [0.15, 0.2) is 19.7 Å². The lowest BCUT2D eigenvalue weighted by molar-refractivity contribution is 0.397. The Morgan fingerprint density at radius 1 is 0.324 bits per heavy atom. The summed E-state index contributed by atoms with van der Waals surface area (Å²) in [6.45, 7) is 4.59. The van der Waals surface area contributed by atoms with Crippen LogP contribution in [0.15, 0.2) is 143 Å². The van der Waals surface area contributed by atoms with E-state index in [-0.39, 0.29) is 5.41 Å². The first-order valence-corrected chi connectivity index (χ1v) is 29.9. The summed E-state index contributed by atoms with van der Waals surface area (Å²) in [5.41, 5.74) is 14.5. The average Bonchev–Trinajstić information content (AvgIpc) is 3.63. The molecule has 1 aliphatic carbocycles. The minimum absolute atomic E-state index is 0.0522. The van der Waals surface area contributed by atoms with E-state index in [0.717, 1.165) is 46.2 Å². The molecule has 4 nitrogen and oxygen atoms in total. The maximum atomic E-state index is 11.9. The van der Waals surface area contributed by atoms with Crippen molar-refractivity contribution in [1.29, 1.82) is 0 Å². The highest BCUT2D eigenvalue weighted by Crippen LogP contribution is 2.55. The summed E-state index contributed by atoms with van der Waals surface area (Å²) in [5, 5.41) is 0. The van der Waals surface area contributed by atoms with E-state index in [0.29, 0.717) is 9.79 Å². The molecule has 71 heavy (non-hydrogen) atoms. The van der Waals surface area contributed by atoms with Crippen molar-refractivity contribution in [2.45, 2.75) is 132 Å². The van der Waals surface area contributed by atoms with E-state index in [2.05, 4.69) is 135 Å². The lowest BCUT2D eigenvalue weighted by Gasteiger charge is -2.33. The van der Waals surface area contributed by atoms with E-state index in [1.807, 2.05) is 36.4 Å². The summed E-state index contributed by atoms with van der Waals surface area (Å²) in [4.78, 5) is 0.657. The van der Waals surface area contributed by atoms with E-state index in [9.17, 15) is 16.8 Å². The third-order valence-corrected chi connectivity index (χ3v) is 16.4. The van der Waals surface area contributed by atoms with Gasteiger partial charge in [-0.25, -0.2) is 16.8 Å². The van der Waals surface area contributed by atoms with Gasteiger partial charge in [0.25, 0.3) is 0 Å². The number of rotatable bonds is 26. The summed E-state index contributed by atoms with van der Waals surface area (Å²) in [6.07, 6.45) is 40.0. The van der Waals surface area contributed by atoms with E-state index in [1.165, 1.54) is 136 Å². The predicted octanol–water partition coefficient (Wildman–Crippen LogP) is 17.7. The molecule has 0 saturated heterocycles. The lowest BCUT2D eigenvalue weighted by atomic mass is 9.70. The first-order chi connectivity index (χ1) is 34.3. The zero-order valence-electron chi connectivity index (χ0n) is 42.6. The van der Waals surface area contributed by atoms with Gasteiger partial charge in [-0.05, 0) is 104 Å². The minimum Gasteiger partial charge on any atom is -0.224 e. The van der Waals surface area contributed by atoms with Crippen LogP contribution in [-0.2, 0) is 25.1 Å². The quantitative estimate of drug-likeness (QED) is 0.0401. The van der Waals surface area contributed by atoms with Crippen LogP contribution in [-0.4, -0.2) is 29.3 Å². The Labute approximate surface area is 427 Å². The van der Waals surface area contributed by atoms with E-state index < -0.39 is 19.7 Å². The number of fused-ring (bicyclic) bond motifs is 3. The van der Waals surface area contributed by atoms with Gasteiger partial charge in [0.1, 0.15) is 0 Å². The molecule has 6 heteroatoms. The van der Waals surface area contributed by atoms with Crippen molar-refractivity contribution in [3.8, 4) is 11.1 Å². The Morgan fingerprint density at radius 2 is 0.563 bits per heavy atom. The molecule has 0 spiro atoms. The fraction of sp³-hybridized carbons (Fsp3) is 0.323. The largest absolute Gasteiger partial charge is 0.224 e. The highest BCUT2D eigenvalue weighted by Gasteiger charge is 2.42. The van der Waals surface area contributed by atoms with Gasteiger partial charge in [-0.3, -0.25) is 0 Å². The molecule has 0 radical (unpaired) electrons. The Kier molecular flexibility index (Phi) is 19.1. The monoisotopic (exact) mass is 983 g/mol. The summed E-state index contributed by atoms with van der Waals surface area (Å²) in [5.74, 6) is 0. The van der Waals surface area contributed by atoms with Crippen LogP contribution in [0.1, 0.15) is 172 Å². The van der Waals surface area contributed by atoms with Crippen molar-refractivity contribution in [2.24, 2.45) is 0 Å². The van der Waals surface area contributed by atoms with Crippen LogP contribution in [0.2, 0.25) is 0 Å². The van der Waals surface area contributed by atoms with Crippen LogP contribution in [0, 0.1) is 0 Å². The third kappa shape index (κ3) is 15.1. The summed E-state index contributed by atoms with van der Waals surface area (Å²) in [6, 6.07) is 45.5. The van der Waals surface area contributed by atoms with Crippen LogP contribution < -0.4 is 0 Å². The van der Waals surface area contributed by atoms with Crippen molar-refractivity contribution in [2.75, 3.05) is 12.5 Å². The number of unbranched alkanes of at least 4 members (excludes halogenated alkanes) is 12. The van der Waals surface area contributed by atoms with Gasteiger partial charge >= 0.3 is 0 Å². The molecule has 0 bridgehead atoms. The predicted molar refractivity (Wildman–Crippen MR) is 306 cm³/mol. The van der Waals surface area contributed by atoms with Crippen molar-refractivity contribution in [3.05, 3.63) is 189 Å². The smallest absolute Gasteiger partial charge is 0.175 e. The highest BCUT2D eigenvalue weighted by molar-refractivity contribution is 7.91. The zero-order valence-corrected chi connectivity index (χ0v) is 44.2. The Bertz CT molecular complexity index is 2800. The van der Waals surface area contributed by atoms with Crippen LogP contribution in [0.4, 0.5) is 0 Å². The molecule has 7 rings (SSSR count). The van der Waals surface area contributed by atoms with Gasteiger partial charge in [0.05, 0.1) is 9.79 Å². The maximum absolute atomic E-state index is 11.9. The van der Waals surface area contributed by atoms with Crippen LogP contribution in [0.5, 0.6) is 0 Å². The second-order valence-electron chi connectivity index (χ2n) is 19.8. The topological polar surface area (TPSA) is 68.3 Å². The molecule has 6 aromatic rings. The van der Waals surface area contributed by atoms with Gasteiger partial charge in [-0.2, -0.15) is 0 Å². The molecule has 0 heterocycles. The molecular weight excluding hydrogens is 909 g/mol. The standard InChI is InChI=1S/C65H74O4S2/c1-5-7-9-11-13-15-17-47-65(48-18-16-14-12-10-8-6-2)63-49-57(33-31-53-23-19-51(20-24-53)27-29-55-35-41-59(42-36-55)70(3,66)67)39-45-61(63)62-46-40-58(50-64(62)65)34-32-54-25-21-52(22-26-54)28-30-56-37-43-60(44-38-56)71(4,68)69/h19-46,49-50H,5-18,47-48H2,1-4H3/b29-27+,30-28+,33-31+,34-32+. The Morgan fingerprint density at radius 3 is 0.845 bits per heavy atom. The molecule has 0 atom stereocenters. The highest BCUT2D eigenvalue weighted by atomic mass is 32.2. The van der Waals surface area contributed by atoms with Crippen LogP contribution in [0.25, 0.3) is 59.7 Å². The molecule has 370 valence electrons. The molecule has 0 N–H and O–H groups in total. The fourth-order valence-electron chi connectivity index (χ4n) is 10.0. The number of benzene rings is 6. The van der Waals surface area contributed by atoms with Gasteiger partial charge in [0.2, 0.25) is 0 Å². The van der Waals surface area contributed by atoms with Crippen LogP contribution >= 0.6 is 0 Å². The molecule has 0 aromatic heterocycles. The van der Waals surface area contributed by atoms with Crippen molar-refractivity contribution < 1.29 is 16.8 Å². The van der Waals surface area contributed by atoms with E-state index in [4.69, 9.17) is 0 Å². The normalized spacial score (nSPS) is 13.5. The number of hydrogen-bond acceptors (Lipinski definition) is 4. The molecule has 1 aliphatic rings. The fourth-order valence-corrected chi connectivity index (χ4v) is 11.3. The molecule has 6 aromatic carbocycles. The zero-order chi connectivity index (χ0) is 50.1. The number of hydrogen-bond donors (Lipinski definition) is 0. The molecule has 0 amide bonds. The molecular formula is C65H74O4S2. The van der Waals surface area contributed by atoms with Gasteiger partial charge in [-0.15, -0.1) is 0 Å². The summed E-state index contributed by atoms with van der Waals surface area (Å²) >= 11 is 0. The SMILES string of the molecule is CCCCCCCCCC1(CCCCCCCCC)c2cc(/C=C/c3ccc(/C=C/c4ccc(S(C)(=O)=O)cc4)cc3)ccc2-c2ccc(/C=C/c3ccc(/C=C/c4ccc(S(C)(=O)=O)cc4)cc3)cc21. The summed E-state index contributed by atoms with van der Waals surface area (Å²) in [7, 11) is -6.44. The third-order valence-electron chi connectivity index (χ3n) is 14.2. The Balaban J connectivity index is 1.13. The van der Waals surface area contributed by atoms with Crippen molar-refractivity contribution >= 4 is 68.3 Å². The first kappa shape index (κ1) is 53.0. The molecule has 0 saturated carbocycles. The first-order valence-electron chi connectivity index (χ1n) is 26.2. The van der Waals surface area contributed by atoms with Crippen molar-refractivity contribution in [1.82, 2.24) is 0 Å². The molecule has 0 fully saturated rings. The van der Waals surface area contributed by atoms with Gasteiger partial charge in [-0.1, -0.05) is 262 Å². The second-order valence-corrected chi connectivity index (χ2v) is 23.8.